The number of hydrogen-bond donors (Lipinski definition) is 2. The van der Waals surface area contributed by atoms with Gasteiger partial charge in [-0.05, 0) is 45.4 Å². The van der Waals surface area contributed by atoms with Gasteiger partial charge in [0.1, 0.15) is 5.60 Å². The van der Waals surface area contributed by atoms with Crippen molar-refractivity contribution in [3.63, 3.8) is 0 Å². The van der Waals surface area contributed by atoms with E-state index in [9.17, 15) is 9.59 Å². The Labute approximate surface area is 139 Å². The molecule has 0 saturated carbocycles. The molecular formula is C16H20N4O4. The fourth-order valence-corrected chi connectivity index (χ4v) is 1.78. The number of ether oxygens (including phenoxy) is 1. The molecule has 0 spiro atoms. The van der Waals surface area contributed by atoms with Crippen molar-refractivity contribution in [2.24, 2.45) is 0 Å². The highest BCUT2D eigenvalue weighted by atomic mass is 16.6. The van der Waals surface area contributed by atoms with E-state index in [2.05, 4.69) is 20.8 Å². The smallest absolute Gasteiger partial charge is 0.407 e. The van der Waals surface area contributed by atoms with E-state index in [1.54, 1.807) is 52.0 Å². The average Bonchev–Trinajstić information content (AvgIpc) is 2.89. The second kappa shape index (κ2) is 7.12. The third kappa shape index (κ3) is 5.38. The molecule has 0 saturated heterocycles. The molecule has 0 aliphatic heterocycles. The molecule has 1 aromatic heterocycles. The number of hydrogen-bond acceptors (Lipinski definition) is 6. The van der Waals surface area contributed by atoms with E-state index in [0.29, 0.717) is 17.9 Å². The van der Waals surface area contributed by atoms with E-state index in [1.165, 1.54) is 0 Å². The molecule has 0 unspecified atom stereocenters. The molecule has 2 rings (SSSR count). The molecule has 2 aromatic rings. The quantitative estimate of drug-likeness (QED) is 0.891. The molecule has 0 bridgehead atoms. The number of carbonyl (C=O) groups excluding carboxylic acids is 2. The van der Waals surface area contributed by atoms with Crippen LogP contribution in [-0.2, 0) is 11.3 Å². The lowest BCUT2D eigenvalue weighted by atomic mass is 10.1. The summed E-state index contributed by atoms with van der Waals surface area (Å²) in [7, 11) is 0. The molecular weight excluding hydrogens is 312 g/mol. The van der Waals surface area contributed by atoms with Gasteiger partial charge in [-0.25, -0.2) is 4.79 Å². The van der Waals surface area contributed by atoms with Crippen LogP contribution in [0.15, 0.2) is 28.8 Å². The summed E-state index contributed by atoms with van der Waals surface area (Å²) in [5.41, 5.74) is 0.733. The number of benzene rings is 1. The van der Waals surface area contributed by atoms with Gasteiger partial charge in [0.05, 0.1) is 0 Å². The van der Waals surface area contributed by atoms with E-state index in [-0.39, 0.29) is 11.9 Å². The highest BCUT2D eigenvalue weighted by Gasteiger charge is 2.16. The lowest BCUT2D eigenvalue weighted by Crippen LogP contribution is -2.32. The normalized spacial score (nSPS) is 11.0. The van der Waals surface area contributed by atoms with Crippen LogP contribution < -0.4 is 10.6 Å². The van der Waals surface area contributed by atoms with Crippen molar-refractivity contribution in [2.75, 3.05) is 5.32 Å². The minimum absolute atomic E-state index is 0.0492. The van der Waals surface area contributed by atoms with Gasteiger partial charge >= 0.3 is 12.1 Å². The fraction of sp³-hybridized carbons (Fsp3) is 0.375. The maximum absolute atomic E-state index is 12.0. The molecule has 1 heterocycles. The van der Waals surface area contributed by atoms with Crippen LogP contribution in [0.3, 0.4) is 0 Å². The first-order chi connectivity index (χ1) is 11.2. The van der Waals surface area contributed by atoms with Crippen LogP contribution in [0.25, 0.3) is 0 Å². The van der Waals surface area contributed by atoms with Crippen LogP contribution in [0.5, 0.6) is 0 Å². The summed E-state index contributed by atoms with van der Waals surface area (Å²) < 4.78 is 9.98. The summed E-state index contributed by atoms with van der Waals surface area (Å²) in [6, 6.07) is 6.82. The Morgan fingerprint density at radius 2 is 1.88 bits per heavy atom. The second-order valence-corrected chi connectivity index (χ2v) is 6.15. The molecule has 2 N–H and O–H groups in total. The van der Waals surface area contributed by atoms with E-state index < -0.39 is 11.7 Å². The van der Waals surface area contributed by atoms with Crippen molar-refractivity contribution in [1.29, 1.82) is 0 Å². The van der Waals surface area contributed by atoms with Gasteiger partial charge in [0, 0.05) is 12.1 Å². The number of anilines is 1. The van der Waals surface area contributed by atoms with Gasteiger partial charge in [-0.2, -0.15) is 4.98 Å². The van der Waals surface area contributed by atoms with Crippen LogP contribution in [0.4, 0.5) is 10.8 Å². The standard InChI is InChI=1S/C16H20N4O4/c1-10-18-14(24-20-10)19-13(21)12-7-5-11(6-8-12)9-17-15(22)23-16(2,3)4/h5-8H,9H2,1-4H3,(H,17,22)(H,18,19,20,21). The summed E-state index contributed by atoms with van der Waals surface area (Å²) in [5, 5.41) is 8.75. The predicted molar refractivity (Wildman–Crippen MR) is 86.5 cm³/mol. The Bertz CT molecular complexity index is 716. The lowest BCUT2D eigenvalue weighted by Gasteiger charge is -2.19. The number of aryl methyl sites for hydroxylation is 1. The second-order valence-electron chi connectivity index (χ2n) is 6.15. The van der Waals surface area contributed by atoms with Gasteiger partial charge < -0.3 is 14.6 Å². The molecule has 0 aliphatic rings. The van der Waals surface area contributed by atoms with E-state index >= 15 is 0 Å². The first-order valence-corrected chi connectivity index (χ1v) is 7.40. The Morgan fingerprint density at radius 3 is 2.42 bits per heavy atom. The number of alkyl carbamates (subject to hydrolysis) is 1. The van der Waals surface area contributed by atoms with Gasteiger partial charge in [-0.15, -0.1) is 0 Å². The molecule has 8 nitrogen and oxygen atoms in total. The summed E-state index contributed by atoms with van der Waals surface area (Å²) in [5.74, 6) is 0.0826. The molecule has 128 valence electrons. The molecule has 8 heteroatoms. The average molecular weight is 332 g/mol. The van der Waals surface area contributed by atoms with Crippen LogP contribution in [0.1, 0.15) is 42.5 Å². The van der Waals surface area contributed by atoms with Gasteiger partial charge in [-0.3, -0.25) is 10.1 Å². The lowest BCUT2D eigenvalue weighted by molar-refractivity contribution is 0.0523. The van der Waals surface area contributed by atoms with Gasteiger partial charge in [0.15, 0.2) is 5.82 Å². The number of carbonyl (C=O) groups is 2. The van der Waals surface area contributed by atoms with Crippen molar-refractivity contribution < 1.29 is 18.8 Å². The van der Waals surface area contributed by atoms with Crippen LogP contribution >= 0.6 is 0 Å². The number of aromatic nitrogens is 2. The van der Waals surface area contributed by atoms with Gasteiger partial charge in [0.2, 0.25) is 0 Å². The Balaban J connectivity index is 1.88. The monoisotopic (exact) mass is 332 g/mol. The molecule has 0 atom stereocenters. The summed E-state index contributed by atoms with van der Waals surface area (Å²) in [6.07, 6.45) is -0.490. The van der Waals surface area contributed by atoms with E-state index in [4.69, 9.17) is 9.26 Å². The largest absolute Gasteiger partial charge is 0.444 e. The maximum atomic E-state index is 12.0. The fourth-order valence-electron chi connectivity index (χ4n) is 1.78. The van der Waals surface area contributed by atoms with E-state index in [0.717, 1.165) is 5.56 Å². The number of nitrogens with one attached hydrogen (secondary N) is 2. The topological polar surface area (TPSA) is 106 Å². The Hall–Kier alpha value is -2.90. The zero-order valence-corrected chi connectivity index (χ0v) is 14.0. The molecule has 0 radical (unpaired) electrons. The van der Waals surface area contributed by atoms with Crippen molar-refractivity contribution in [1.82, 2.24) is 15.5 Å². The molecule has 1 aromatic carbocycles. The first-order valence-electron chi connectivity index (χ1n) is 7.40. The summed E-state index contributed by atoms with van der Waals surface area (Å²) in [6.45, 7) is 7.35. The Morgan fingerprint density at radius 1 is 1.21 bits per heavy atom. The minimum atomic E-state index is -0.543. The maximum Gasteiger partial charge on any atom is 0.407 e. The highest BCUT2D eigenvalue weighted by Crippen LogP contribution is 2.10. The SMILES string of the molecule is Cc1noc(NC(=O)c2ccc(CNC(=O)OC(C)(C)C)cc2)n1. The number of rotatable bonds is 4. The van der Waals surface area contributed by atoms with Crippen molar-refractivity contribution in [3.05, 3.63) is 41.2 Å². The molecule has 0 aliphatic carbocycles. The molecule has 24 heavy (non-hydrogen) atoms. The Kier molecular flexibility index (Phi) is 5.18. The zero-order valence-electron chi connectivity index (χ0n) is 14.0. The first kappa shape index (κ1) is 17.5. The van der Waals surface area contributed by atoms with Crippen molar-refractivity contribution >= 4 is 18.0 Å². The third-order valence-electron chi connectivity index (χ3n) is 2.80. The van der Waals surface area contributed by atoms with Crippen molar-refractivity contribution in [2.45, 2.75) is 39.8 Å². The molecule has 0 fully saturated rings. The van der Waals surface area contributed by atoms with Crippen LogP contribution in [-0.4, -0.2) is 27.7 Å². The van der Waals surface area contributed by atoms with E-state index in [1.807, 2.05) is 0 Å². The summed E-state index contributed by atoms with van der Waals surface area (Å²) in [4.78, 5) is 27.5. The van der Waals surface area contributed by atoms with Crippen LogP contribution in [0.2, 0.25) is 0 Å². The van der Waals surface area contributed by atoms with Crippen molar-refractivity contribution in [3.8, 4) is 0 Å². The predicted octanol–water partition coefficient (Wildman–Crippen LogP) is 2.66. The minimum Gasteiger partial charge on any atom is -0.444 e. The zero-order chi connectivity index (χ0) is 17.7. The van der Waals surface area contributed by atoms with Gasteiger partial charge in [-0.1, -0.05) is 17.3 Å². The summed E-state index contributed by atoms with van der Waals surface area (Å²) >= 11 is 0. The number of amides is 2. The van der Waals surface area contributed by atoms with Gasteiger partial charge in [0.25, 0.3) is 5.91 Å². The van der Waals surface area contributed by atoms with Crippen LogP contribution in [0, 0.1) is 6.92 Å². The molecule has 2 amide bonds. The number of nitrogens with zero attached hydrogens (tertiary/aromatic N) is 2. The highest BCUT2D eigenvalue weighted by molar-refractivity contribution is 6.03. The third-order valence-corrected chi connectivity index (χ3v) is 2.80.